The Morgan fingerprint density at radius 3 is 2.69 bits per heavy atom. The Balaban J connectivity index is 1.48. The molecule has 1 fully saturated rings. The molecule has 1 saturated carbocycles. The Labute approximate surface area is 190 Å². The second kappa shape index (κ2) is 8.79. The second-order valence-corrected chi connectivity index (χ2v) is 9.62. The fourth-order valence-corrected chi connectivity index (χ4v) is 6.03. The molecule has 0 radical (unpaired) electrons. The summed E-state index contributed by atoms with van der Waals surface area (Å²) in [5.74, 6) is 0.182. The van der Waals surface area contributed by atoms with Crippen molar-refractivity contribution in [1.29, 1.82) is 0 Å². The van der Waals surface area contributed by atoms with Gasteiger partial charge in [-0.05, 0) is 60.4 Å². The first-order chi connectivity index (χ1) is 15.6. The third-order valence-corrected chi connectivity index (χ3v) is 7.60. The molecular weight excluding hydrogens is 421 g/mol. The number of carbonyl (C=O) groups excluding carboxylic acids is 1. The normalized spacial score (nSPS) is 18.7. The maximum absolute atomic E-state index is 13.8. The maximum Gasteiger partial charge on any atom is 0.270 e. The average Bonchev–Trinajstić information content (AvgIpc) is 3.26. The molecular formula is C26H24FN3OS. The van der Waals surface area contributed by atoms with Gasteiger partial charge in [0, 0.05) is 10.3 Å². The van der Waals surface area contributed by atoms with Gasteiger partial charge < -0.3 is 5.73 Å². The van der Waals surface area contributed by atoms with E-state index in [-0.39, 0.29) is 11.5 Å². The predicted octanol–water partition coefficient (Wildman–Crippen LogP) is 6.11. The number of hydrogen-bond donors (Lipinski definition) is 1. The van der Waals surface area contributed by atoms with Crippen LogP contribution in [0, 0.1) is 11.7 Å². The number of carbonyl (C=O) groups is 1. The highest BCUT2D eigenvalue weighted by molar-refractivity contribution is 7.22. The van der Waals surface area contributed by atoms with Crippen LogP contribution < -0.4 is 5.73 Å². The van der Waals surface area contributed by atoms with Crippen molar-refractivity contribution in [1.82, 2.24) is 10.2 Å². The van der Waals surface area contributed by atoms with Crippen LogP contribution in [0.5, 0.6) is 0 Å². The van der Waals surface area contributed by atoms with Crippen molar-refractivity contribution in [3.8, 4) is 10.4 Å². The molecule has 2 unspecified atom stereocenters. The summed E-state index contributed by atoms with van der Waals surface area (Å²) in [6.45, 7) is 0. The number of halogens is 1. The number of rotatable bonds is 5. The highest BCUT2D eigenvalue weighted by Gasteiger charge is 2.26. The molecule has 2 atom stereocenters. The molecule has 1 aliphatic rings. The van der Waals surface area contributed by atoms with Crippen LogP contribution in [-0.2, 0) is 6.42 Å². The molecule has 5 rings (SSSR count). The summed E-state index contributed by atoms with van der Waals surface area (Å²) in [5.41, 5.74) is 8.82. The second-order valence-electron chi connectivity index (χ2n) is 8.57. The van der Waals surface area contributed by atoms with Gasteiger partial charge in [0.15, 0.2) is 5.69 Å². The minimum atomic E-state index is -0.594. The Morgan fingerprint density at radius 2 is 1.91 bits per heavy atom. The molecule has 32 heavy (non-hydrogen) atoms. The van der Waals surface area contributed by atoms with Gasteiger partial charge in [-0.15, -0.1) is 16.4 Å². The number of hydrogen-bond acceptors (Lipinski definition) is 4. The van der Waals surface area contributed by atoms with Crippen LogP contribution in [0.15, 0.2) is 60.7 Å². The summed E-state index contributed by atoms with van der Waals surface area (Å²) in [4.78, 5) is 12.9. The van der Waals surface area contributed by atoms with Gasteiger partial charge in [-0.25, -0.2) is 4.39 Å². The van der Waals surface area contributed by atoms with E-state index in [1.807, 2.05) is 12.1 Å². The minimum Gasteiger partial charge on any atom is -0.364 e. The number of thiophene rings is 1. The van der Waals surface area contributed by atoms with Crippen LogP contribution in [0.2, 0.25) is 0 Å². The van der Waals surface area contributed by atoms with Gasteiger partial charge in [0.25, 0.3) is 5.91 Å². The van der Waals surface area contributed by atoms with Gasteiger partial charge in [0.2, 0.25) is 0 Å². The topological polar surface area (TPSA) is 68.9 Å². The van der Waals surface area contributed by atoms with E-state index >= 15 is 0 Å². The van der Waals surface area contributed by atoms with Gasteiger partial charge in [0.1, 0.15) is 5.82 Å². The summed E-state index contributed by atoms with van der Waals surface area (Å²) >= 11 is 1.42. The van der Waals surface area contributed by atoms with E-state index in [2.05, 4.69) is 40.5 Å². The molecule has 162 valence electrons. The summed E-state index contributed by atoms with van der Waals surface area (Å²) in [6, 6.07) is 19.2. The zero-order valence-corrected chi connectivity index (χ0v) is 18.4. The van der Waals surface area contributed by atoms with Crippen molar-refractivity contribution >= 4 is 27.3 Å². The molecule has 0 saturated heterocycles. The summed E-state index contributed by atoms with van der Waals surface area (Å²) < 4.78 is 14.5. The van der Waals surface area contributed by atoms with Gasteiger partial charge in [-0.1, -0.05) is 55.3 Å². The standard InChI is InChI=1S/C26H24FN3OS/c27-20-11-5-10-19(14-20)23-15-21-22(29-30-24(26(28)31)25(21)32-23)13-16-6-4-9-18(12-16)17-7-2-1-3-8-17/h1-3,5,7-8,10-11,14-16,18H,4,6,9,12-13H2,(H2,28,31). The Hall–Kier alpha value is -3.12. The first-order valence-corrected chi connectivity index (χ1v) is 11.8. The number of nitrogens with two attached hydrogens (primary N) is 1. The van der Waals surface area contributed by atoms with Crippen LogP contribution in [0.25, 0.3) is 20.5 Å². The Bertz CT molecular complexity index is 1270. The predicted molar refractivity (Wildman–Crippen MR) is 126 cm³/mol. The molecule has 1 amide bonds. The van der Waals surface area contributed by atoms with E-state index in [1.54, 1.807) is 6.07 Å². The lowest BCUT2D eigenvalue weighted by atomic mass is 9.76. The van der Waals surface area contributed by atoms with Gasteiger partial charge in [0.05, 0.1) is 10.4 Å². The van der Waals surface area contributed by atoms with E-state index in [0.29, 0.717) is 11.8 Å². The monoisotopic (exact) mass is 445 g/mol. The van der Waals surface area contributed by atoms with Crippen LogP contribution in [-0.4, -0.2) is 16.1 Å². The largest absolute Gasteiger partial charge is 0.364 e. The first-order valence-electron chi connectivity index (χ1n) is 11.0. The summed E-state index contributed by atoms with van der Waals surface area (Å²) in [6.07, 6.45) is 5.49. The van der Waals surface area contributed by atoms with Crippen molar-refractivity contribution in [2.75, 3.05) is 0 Å². The highest BCUT2D eigenvalue weighted by atomic mass is 32.1. The molecule has 0 aliphatic heterocycles. The molecule has 2 heterocycles. The van der Waals surface area contributed by atoms with E-state index in [0.717, 1.165) is 45.5 Å². The van der Waals surface area contributed by atoms with Crippen molar-refractivity contribution < 1.29 is 9.18 Å². The molecule has 2 aromatic heterocycles. The lowest BCUT2D eigenvalue weighted by Crippen LogP contribution is -2.18. The van der Waals surface area contributed by atoms with Crippen molar-refractivity contribution in [3.05, 3.63) is 83.4 Å². The van der Waals surface area contributed by atoms with Gasteiger partial charge >= 0.3 is 0 Å². The third-order valence-electron chi connectivity index (χ3n) is 6.41. The van der Waals surface area contributed by atoms with E-state index in [9.17, 15) is 9.18 Å². The highest BCUT2D eigenvalue weighted by Crippen LogP contribution is 2.40. The van der Waals surface area contributed by atoms with Crippen molar-refractivity contribution in [2.45, 2.75) is 38.0 Å². The number of benzene rings is 2. The molecule has 0 spiro atoms. The number of amides is 1. The summed E-state index contributed by atoms with van der Waals surface area (Å²) in [7, 11) is 0. The number of primary amides is 1. The smallest absolute Gasteiger partial charge is 0.270 e. The molecule has 0 bridgehead atoms. The van der Waals surface area contributed by atoms with E-state index < -0.39 is 5.91 Å². The fourth-order valence-electron chi connectivity index (χ4n) is 4.86. The molecule has 4 aromatic rings. The zero-order chi connectivity index (χ0) is 22.1. The van der Waals surface area contributed by atoms with E-state index in [1.165, 1.54) is 41.9 Å². The minimum absolute atomic E-state index is 0.183. The number of aromatic nitrogens is 2. The van der Waals surface area contributed by atoms with Crippen LogP contribution >= 0.6 is 11.3 Å². The van der Waals surface area contributed by atoms with E-state index in [4.69, 9.17) is 5.73 Å². The lowest BCUT2D eigenvalue weighted by molar-refractivity contribution is 0.0996. The van der Waals surface area contributed by atoms with Crippen molar-refractivity contribution in [3.63, 3.8) is 0 Å². The molecule has 1 aliphatic carbocycles. The average molecular weight is 446 g/mol. The van der Waals surface area contributed by atoms with Crippen molar-refractivity contribution in [2.24, 2.45) is 11.7 Å². The zero-order valence-electron chi connectivity index (χ0n) is 17.6. The Kier molecular flexibility index (Phi) is 5.70. The van der Waals surface area contributed by atoms with Crippen LogP contribution in [0.4, 0.5) is 4.39 Å². The quantitative estimate of drug-likeness (QED) is 0.403. The van der Waals surface area contributed by atoms with Crippen LogP contribution in [0.1, 0.15) is 53.3 Å². The SMILES string of the molecule is NC(=O)c1nnc(CC2CCCC(c3ccccc3)C2)c2cc(-c3cccc(F)c3)sc12. The molecule has 4 nitrogen and oxygen atoms in total. The van der Waals surface area contributed by atoms with Gasteiger partial charge in [-0.2, -0.15) is 5.10 Å². The number of fused-ring (bicyclic) bond motifs is 1. The van der Waals surface area contributed by atoms with Crippen LogP contribution in [0.3, 0.4) is 0 Å². The maximum atomic E-state index is 13.8. The first kappa shape index (κ1) is 20.8. The van der Waals surface area contributed by atoms with Gasteiger partial charge in [-0.3, -0.25) is 4.79 Å². The molecule has 6 heteroatoms. The fraction of sp³-hybridized carbons (Fsp3) is 0.269. The Morgan fingerprint density at radius 1 is 1.06 bits per heavy atom. The molecule has 2 aromatic carbocycles. The lowest BCUT2D eigenvalue weighted by Gasteiger charge is -2.29. The molecule has 2 N–H and O–H groups in total. The number of nitrogens with zero attached hydrogens (tertiary/aromatic N) is 2. The summed E-state index contributed by atoms with van der Waals surface area (Å²) in [5, 5.41) is 9.51. The third kappa shape index (κ3) is 4.15.